The summed E-state index contributed by atoms with van der Waals surface area (Å²) in [5.74, 6) is -0.248. The maximum absolute atomic E-state index is 11.8. The third-order valence-electron chi connectivity index (χ3n) is 3.02. The van der Waals surface area contributed by atoms with Gasteiger partial charge in [0.1, 0.15) is 0 Å². The van der Waals surface area contributed by atoms with Crippen molar-refractivity contribution in [2.75, 3.05) is 13.2 Å². The first-order chi connectivity index (χ1) is 9.27. The third-order valence-corrected chi connectivity index (χ3v) is 3.02. The van der Waals surface area contributed by atoms with Crippen molar-refractivity contribution in [2.24, 2.45) is 0 Å². The molecule has 0 saturated carbocycles. The highest BCUT2D eigenvalue weighted by molar-refractivity contribution is 5.89. The van der Waals surface area contributed by atoms with E-state index >= 15 is 0 Å². The molecule has 106 valence electrons. The van der Waals surface area contributed by atoms with E-state index in [-0.39, 0.29) is 12.6 Å². The van der Waals surface area contributed by atoms with Crippen LogP contribution in [0.3, 0.4) is 0 Å². The topological polar surface area (TPSA) is 46.5 Å². The van der Waals surface area contributed by atoms with Gasteiger partial charge in [-0.3, -0.25) is 0 Å². The maximum atomic E-state index is 11.8. The van der Waals surface area contributed by atoms with Crippen LogP contribution < -0.4 is 0 Å². The molecule has 1 N–H and O–H groups in total. The lowest BCUT2D eigenvalue weighted by atomic mass is 10.1. The second-order valence-electron chi connectivity index (χ2n) is 4.72. The summed E-state index contributed by atoms with van der Waals surface area (Å²) in [7, 11) is 0. The van der Waals surface area contributed by atoms with Gasteiger partial charge in [0.2, 0.25) is 0 Å². The van der Waals surface area contributed by atoms with Gasteiger partial charge in [-0.1, -0.05) is 38.3 Å². The van der Waals surface area contributed by atoms with E-state index < -0.39 is 0 Å². The first kappa shape index (κ1) is 15.7. The van der Waals surface area contributed by atoms with E-state index in [0.29, 0.717) is 12.2 Å². The van der Waals surface area contributed by atoms with Crippen LogP contribution in [0, 0.1) is 0 Å². The molecule has 1 aromatic rings. The Morgan fingerprint density at radius 1 is 1.21 bits per heavy atom. The first-order valence-electron chi connectivity index (χ1n) is 7.15. The minimum absolute atomic E-state index is 0.173. The van der Waals surface area contributed by atoms with Crippen LogP contribution in [0.2, 0.25) is 0 Å². The molecule has 0 bridgehead atoms. The van der Waals surface area contributed by atoms with E-state index in [1.165, 1.54) is 12.8 Å². The van der Waals surface area contributed by atoms with E-state index in [4.69, 9.17) is 9.84 Å². The first-order valence-corrected chi connectivity index (χ1v) is 7.15. The number of aliphatic hydroxyl groups excluding tert-OH is 1. The molecule has 1 rings (SSSR count). The molecule has 0 aliphatic rings. The van der Waals surface area contributed by atoms with Crippen LogP contribution in [-0.4, -0.2) is 24.3 Å². The Labute approximate surface area is 115 Å². The van der Waals surface area contributed by atoms with E-state index in [9.17, 15) is 4.79 Å². The molecule has 0 unspecified atom stereocenters. The lowest BCUT2D eigenvalue weighted by Gasteiger charge is -2.06. The summed E-state index contributed by atoms with van der Waals surface area (Å²) in [6.45, 7) is 2.83. The molecular weight excluding hydrogens is 240 g/mol. The molecule has 0 aliphatic heterocycles. The Morgan fingerprint density at radius 3 is 2.79 bits per heavy atom. The predicted octanol–water partition coefficient (Wildman–Crippen LogP) is 3.35. The Balaban J connectivity index is 2.38. The SMILES string of the molecule is CCCCCCOC(=O)c1cccc(CCCO)c1. The molecule has 0 spiro atoms. The molecule has 0 heterocycles. The number of aliphatic hydroxyl groups is 1. The number of carbonyl (C=O) groups excluding carboxylic acids is 1. The summed E-state index contributed by atoms with van der Waals surface area (Å²) < 4.78 is 5.25. The van der Waals surface area contributed by atoms with Gasteiger partial charge in [0.15, 0.2) is 0 Å². The second-order valence-corrected chi connectivity index (χ2v) is 4.72. The Bertz CT molecular complexity index is 374. The number of benzene rings is 1. The molecule has 0 radical (unpaired) electrons. The van der Waals surface area contributed by atoms with Crippen molar-refractivity contribution in [1.82, 2.24) is 0 Å². The zero-order valence-electron chi connectivity index (χ0n) is 11.7. The van der Waals surface area contributed by atoms with Crippen molar-refractivity contribution in [3.63, 3.8) is 0 Å². The van der Waals surface area contributed by atoms with Crippen molar-refractivity contribution in [2.45, 2.75) is 45.4 Å². The largest absolute Gasteiger partial charge is 0.462 e. The summed E-state index contributed by atoms with van der Waals surface area (Å²) in [4.78, 5) is 11.8. The molecule has 19 heavy (non-hydrogen) atoms. The molecule has 0 atom stereocenters. The van der Waals surface area contributed by atoms with E-state index in [2.05, 4.69) is 6.92 Å². The van der Waals surface area contributed by atoms with Gasteiger partial charge >= 0.3 is 5.97 Å². The molecule has 1 aromatic carbocycles. The van der Waals surface area contributed by atoms with Crippen molar-refractivity contribution >= 4 is 5.97 Å². The van der Waals surface area contributed by atoms with Gasteiger partial charge in [-0.05, 0) is 37.0 Å². The molecular formula is C16H24O3. The molecule has 0 aromatic heterocycles. The van der Waals surface area contributed by atoms with Gasteiger partial charge in [0.05, 0.1) is 12.2 Å². The van der Waals surface area contributed by atoms with Gasteiger partial charge in [-0.15, -0.1) is 0 Å². The molecule has 0 aliphatic carbocycles. The van der Waals surface area contributed by atoms with Gasteiger partial charge in [0.25, 0.3) is 0 Å². The average Bonchev–Trinajstić information content (AvgIpc) is 2.45. The highest BCUT2D eigenvalue weighted by Crippen LogP contribution is 2.09. The minimum atomic E-state index is -0.248. The normalized spacial score (nSPS) is 10.4. The fourth-order valence-electron chi connectivity index (χ4n) is 1.91. The van der Waals surface area contributed by atoms with Gasteiger partial charge in [0, 0.05) is 6.61 Å². The third kappa shape index (κ3) is 6.39. The number of hydrogen-bond donors (Lipinski definition) is 1. The van der Waals surface area contributed by atoms with Crippen molar-refractivity contribution < 1.29 is 14.6 Å². The molecule has 0 fully saturated rings. The van der Waals surface area contributed by atoms with Gasteiger partial charge in [-0.25, -0.2) is 4.79 Å². The van der Waals surface area contributed by atoms with Gasteiger partial charge < -0.3 is 9.84 Å². The van der Waals surface area contributed by atoms with Crippen LogP contribution in [0.5, 0.6) is 0 Å². The minimum Gasteiger partial charge on any atom is -0.462 e. The number of carbonyl (C=O) groups is 1. The van der Waals surface area contributed by atoms with Crippen LogP contribution in [0.4, 0.5) is 0 Å². The van der Waals surface area contributed by atoms with E-state index in [0.717, 1.165) is 31.2 Å². The van der Waals surface area contributed by atoms with Crippen LogP contribution in [0.25, 0.3) is 0 Å². The van der Waals surface area contributed by atoms with E-state index in [1.54, 1.807) is 6.07 Å². The van der Waals surface area contributed by atoms with Crippen molar-refractivity contribution in [1.29, 1.82) is 0 Å². The van der Waals surface area contributed by atoms with E-state index in [1.807, 2.05) is 18.2 Å². The molecule has 0 saturated heterocycles. The monoisotopic (exact) mass is 264 g/mol. The predicted molar refractivity (Wildman–Crippen MR) is 76.3 cm³/mol. The summed E-state index contributed by atoms with van der Waals surface area (Å²) in [6.07, 6.45) is 5.92. The molecule has 0 amide bonds. The lowest BCUT2D eigenvalue weighted by molar-refractivity contribution is 0.0497. The van der Waals surface area contributed by atoms with Crippen LogP contribution >= 0.6 is 0 Å². The van der Waals surface area contributed by atoms with Crippen molar-refractivity contribution in [3.05, 3.63) is 35.4 Å². The number of unbranched alkanes of at least 4 members (excludes halogenated alkanes) is 3. The summed E-state index contributed by atoms with van der Waals surface area (Å²) in [6, 6.07) is 7.45. The fourth-order valence-corrected chi connectivity index (χ4v) is 1.91. The van der Waals surface area contributed by atoms with Gasteiger partial charge in [-0.2, -0.15) is 0 Å². The number of rotatable bonds is 9. The number of aryl methyl sites for hydroxylation is 1. The zero-order chi connectivity index (χ0) is 13.9. The molecule has 3 nitrogen and oxygen atoms in total. The second kappa shape index (κ2) is 9.56. The smallest absolute Gasteiger partial charge is 0.338 e. The average molecular weight is 264 g/mol. The number of hydrogen-bond acceptors (Lipinski definition) is 3. The van der Waals surface area contributed by atoms with Crippen LogP contribution in [0.1, 0.15) is 54.9 Å². The Morgan fingerprint density at radius 2 is 2.05 bits per heavy atom. The summed E-state index contributed by atoms with van der Waals surface area (Å²) in [5, 5.41) is 8.80. The quantitative estimate of drug-likeness (QED) is 0.549. The van der Waals surface area contributed by atoms with Crippen molar-refractivity contribution in [3.8, 4) is 0 Å². The lowest BCUT2D eigenvalue weighted by Crippen LogP contribution is -2.07. The summed E-state index contributed by atoms with van der Waals surface area (Å²) in [5.41, 5.74) is 1.67. The standard InChI is InChI=1S/C16H24O3/c1-2-3-4-5-12-19-16(18)15-10-6-8-14(13-15)9-7-11-17/h6,8,10,13,17H,2-5,7,9,11-12H2,1H3. The number of esters is 1. The zero-order valence-corrected chi connectivity index (χ0v) is 11.7. The van der Waals surface area contributed by atoms with Crippen LogP contribution in [-0.2, 0) is 11.2 Å². The van der Waals surface area contributed by atoms with Crippen LogP contribution in [0.15, 0.2) is 24.3 Å². The summed E-state index contributed by atoms with van der Waals surface area (Å²) >= 11 is 0. The molecule has 3 heteroatoms. The highest BCUT2D eigenvalue weighted by atomic mass is 16.5. The number of ether oxygens (including phenoxy) is 1. The maximum Gasteiger partial charge on any atom is 0.338 e. The Kier molecular flexibility index (Phi) is 7.91. The fraction of sp³-hybridized carbons (Fsp3) is 0.562. The highest BCUT2D eigenvalue weighted by Gasteiger charge is 2.07. The Hall–Kier alpha value is -1.35.